The highest BCUT2D eigenvalue weighted by Gasteiger charge is 2.60. The van der Waals surface area contributed by atoms with Gasteiger partial charge in [0.1, 0.15) is 28.7 Å². The zero-order valence-corrected chi connectivity index (χ0v) is 22.0. The van der Waals surface area contributed by atoms with E-state index in [2.05, 4.69) is 25.7 Å². The van der Waals surface area contributed by atoms with Gasteiger partial charge in [-0.25, -0.2) is 0 Å². The number of hydrogen-bond donors (Lipinski definition) is 0. The van der Waals surface area contributed by atoms with E-state index in [0.717, 1.165) is 5.56 Å². The number of rotatable bonds is 6. The van der Waals surface area contributed by atoms with Gasteiger partial charge < -0.3 is 18.9 Å². The third-order valence-corrected chi connectivity index (χ3v) is 8.95. The van der Waals surface area contributed by atoms with Crippen LogP contribution in [0.3, 0.4) is 0 Å². The second-order valence-electron chi connectivity index (χ2n) is 9.74. The van der Waals surface area contributed by atoms with Gasteiger partial charge in [0.25, 0.3) is 0 Å². The van der Waals surface area contributed by atoms with E-state index >= 15 is 0 Å². The fourth-order valence-corrected chi connectivity index (χ4v) is 6.75. The lowest BCUT2D eigenvalue weighted by Gasteiger charge is -2.37. The summed E-state index contributed by atoms with van der Waals surface area (Å²) < 4.78 is 23.4. The molecule has 2 atom stereocenters. The summed E-state index contributed by atoms with van der Waals surface area (Å²) in [5.74, 6) is 0.0749. The number of carbonyl (C=O) groups is 2. The molecule has 0 unspecified atom stereocenters. The second-order valence-corrected chi connectivity index (χ2v) is 15.2. The molecule has 4 rings (SSSR count). The van der Waals surface area contributed by atoms with Crippen LogP contribution < -0.4 is 19.4 Å². The van der Waals surface area contributed by atoms with Crippen LogP contribution in [0.2, 0.25) is 24.7 Å². The first-order valence-corrected chi connectivity index (χ1v) is 15.1. The van der Waals surface area contributed by atoms with Gasteiger partial charge in [0.15, 0.2) is 17.3 Å². The summed E-state index contributed by atoms with van der Waals surface area (Å²) >= 11 is 6.54. The predicted octanol–water partition coefficient (Wildman–Crippen LogP) is 4.93. The molecule has 0 fully saturated rings. The Morgan fingerprint density at radius 1 is 1.12 bits per heavy atom. The van der Waals surface area contributed by atoms with E-state index in [-0.39, 0.29) is 46.7 Å². The van der Waals surface area contributed by atoms with Crippen LogP contribution in [0.1, 0.15) is 29.3 Å². The zero-order valence-electron chi connectivity index (χ0n) is 20.3. The third kappa shape index (κ3) is 3.81. The monoisotopic (exact) mass is 500 g/mol. The minimum Gasteiger partial charge on any atom is -0.496 e. The summed E-state index contributed by atoms with van der Waals surface area (Å²) in [6.07, 6.45) is 1.54. The first-order valence-electron chi connectivity index (χ1n) is 11.2. The molecule has 0 amide bonds. The van der Waals surface area contributed by atoms with Crippen molar-refractivity contribution < 1.29 is 28.5 Å². The number of halogens is 1. The van der Waals surface area contributed by atoms with E-state index in [0.29, 0.717) is 11.5 Å². The fraction of sp³-hybridized carbons (Fsp3) is 0.385. The lowest BCUT2D eigenvalue weighted by atomic mass is 9.75. The molecular formula is C26H29ClO6Si. The maximum Gasteiger partial charge on any atom is 0.231 e. The highest BCUT2D eigenvalue weighted by molar-refractivity contribution is 6.89. The Morgan fingerprint density at radius 2 is 1.79 bits per heavy atom. The molecule has 8 heteroatoms. The number of ether oxygens (including phenoxy) is 4. The average molecular weight is 501 g/mol. The Hall–Kier alpha value is -2.77. The minimum absolute atomic E-state index is 0.116. The lowest BCUT2D eigenvalue weighted by Crippen LogP contribution is -2.52. The van der Waals surface area contributed by atoms with E-state index in [1.807, 2.05) is 25.1 Å². The molecule has 6 nitrogen and oxygen atoms in total. The number of carbonyl (C=O) groups excluding carboxylic acids is 2. The van der Waals surface area contributed by atoms with E-state index < -0.39 is 19.6 Å². The van der Waals surface area contributed by atoms with E-state index in [1.54, 1.807) is 6.07 Å². The van der Waals surface area contributed by atoms with E-state index in [4.69, 9.17) is 30.5 Å². The summed E-state index contributed by atoms with van der Waals surface area (Å²) in [6, 6.07) is 9.69. The Labute approximate surface area is 205 Å². The van der Waals surface area contributed by atoms with Crippen LogP contribution in [0.5, 0.6) is 17.2 Å². The molecule has 2 aliphatic rings. The highest BCUT2D eigenvalue weighted by atomic mass is 35.5. The van der Waals surface area contributed by atoms with Crippen molar-refractivity contribution in [2.75, 3.05) is 14.2 Å². The Bertz CT molecular complexity index is 1200. The molecule has 0 radical (unpaired) electrons. The van der Waals surface area contributed by atoms with Crippen molar-refractivity contribution >= 4 is 36.4 Å². The fourth-order valence-electron chi connectivity index (χ4n) is 4.77. The topological polar surface area (TPSA) is 71.1 Å². The smallest absolute Gasteiger partial charge is 0.231 e. The molecule has 0 bridgehead atoms. The molecule has 34 heavy (non-hydrogen) atoms. The summed E-state index contributed by atoms with van der Waals surface area (Å²) in [4.78, 5) is 26.5. The molecule has 180 valence electrons. The molecule has 2 aromatic rings. The van der Waals surface area contributed by atoms with Crippen LogP contribution in [0.15, 0.2) is 42.2 Å². The second kappa shape index (κ2) is 8.78. The maximum atomic E-state index is 13.9. The molecule has 1 heterocycles. The summed E-state index contributed by atoms with van der Waals surface area (Å²) in [6.45, 7) is 8.82. The Balaban J connectivity index is 1.78. The van der Waals surface area contributed by atoms with Gasteiger partial charge in [-0.1, -0.05) is 67.6 Å². The van der Waals surface area contributed by atoms with Crippen LogP contribution in [-0.2, 0) is 16.1 Å². The van der Waals surface area contributed by atoms with Crippen LogP contribution in [0, 0.1) is 5.92 Å². The minimum atomic E-state index is -1.64. The summed E-state index contributed by atoms with van der Waals surface area (Å²) in [5.41, 5.74) is -0.247. The molecule has 2 aromatic carbocycles. The quantitative estimate of drug-likeness (QED) is 0.524. The van der Waals surface area contributed by atoms with Crippen molar-refractivity contribution in [1.29, 1.82) is 0 Å². The van der Waals surface area contributed by atoms with Gasteiger partial charge >= 0.3 is 0 Å². The maximum absolute atomic E-state index is 13.9. The molecule has 0 N–H and O–H groups in total. The number of allylic oxidation sites excluding steroid dienone is 1. The summed E-state index contributed by atoms with van der Waals surface area (Å²) in [7, 11) is 1.31. The number of ketones is 2. The van der Waals surface area contributed by atoms with E-state index in [9.17, 15) is 9.59 Å². The standard InChI is InChI=1S/C26H29ClO6Si/c1-15-11-17(28)12-21(32-14-16-9-7-8-10-20(16)34(4,5)6)26(15)25(29)22-18(30-2)13-19(31-3)23(27)24(22)33-26/h7-10,12-13,15H,11,14H2,1-6H3/t15-,26+/m1/s1. The number of Topliss-reactive ketones (excluding diaryl/α,β-unsaturated/α-hetero) is 1. The van der Waals surface area contributed by atoms with Crippen LogP contribution >= 0.6 is 11.6 Å². The van der Waals surface area contributed by atoms with Gasteiger partial charge in [-0.15, -0.1) is 0 Å². The van der Waals surface area contributed by atoms with Crippen molar-refractivity contribution in [3.8, 4) is 17.2 Å². The summed E-state index contributed by atoms with van der Waals surface area (Å²) in [5, 5.41) is 1.44. The van der Waals surface area contributed by atoms with E-state index in [1.165, 1.54) is 25.5 Å². The highest BCUT2D eigenvalue weighted by Crippen LogP contribution is 2.54. The average Bonchev–Trinajstić information content (AvgIpc) is 3.10. The van der Waals surface area contributed by atoms with Crippen molar-refractivity contribution in [1.82, 2.24) is 0 Å². The molecule has 1 spiro atoms. The number of methoxy groups -OCH3 is 2. The first kappa shape index (κ1) is 24.4. The van der Waals surface area contributed by atoms with Crippen molar-refractivity contribution in [2.24, 2.45) is 5.92 Å². The SMILES string of the molecule is COc1cc(OC)c2c(c1Cl)O[C@]1(C2=O)C(OCc2ccccc2[Si](C)(C)C)=CC(=O)C[C@H]1C. The Kier molecular flexibility index (Phi) is 6.29. The number of fused-ring (bicyclic) bond motifs is 1. The number of benzene rings is 2. The lowest BCUT2D eigenvalue weighted by molar-refractivity contribution is -0.118. The van der Waals surface area contributed by atoms with Gasteiger partial charge in [-0.3, -0.25) is 9.59 Å². The predicted molar refractivity (Wildman–Crippen MR) is 133 cm³/mol. The molecule has 0 saturated carbocycles. The van der Waals surface area contributed by atoms with Gasteiger partial charge in [0.05, 0.1) is 22.3 Å². The van der Waals surface area contributed by atoms with Crippen molar-refractivity contribution in [3.05, 3.63) is 58.3 Å². The van der Waals surface area contributed by atoms with Gasteiger partial charge in [0, 0.05) is 24.5 Å². The molecule has 0 saturated heterocycles. The van der Waals surface area contributed by atoms with Crippen LogP contribution in [0.25, 0.3) is 0 Å². The van der Waals surface area contributed by atoms with Crippen LogP contribution in [0.4, 0.5) is 0 Å². The Morgan fingerprint density at radius 3 is 2.44 bits per heavy atom. The van der Waals surface area contributed by atoms with Crippen LogP contribution in [-0.4, -0.2) is 39.5 Å². The van der Waals surface area contributed by atoms with Crippen molar-refractivity contribution in [3.63, 3.8) is 0 Å². The largest absolute Gasteiger partial charge is 0.496 e. The third-order valence-electron chi connectivity index (χ3n) is 6.49. The number of hydrogen-bond acceptors (Lipinski definition) is 6. The zero-order chi connectivity index (χ0) is 24.8. The molecular weight excluding hydrogens is 472 g/mol. The normalized spacial score (nSPS) is 21.7. The van der Waals surface area contributed by atoms with Crippen molar-refractivity contribution in [2.45, 2.75) is 45.2 Å². The molecule has 1 aliphatic heterocycles. The van der Waals surface area contributed by atoms with Gasteiger partial charge in [-0.05, 0) is 5.56 Å². The van der Waals surface area contributed by atoms with Gasteiger partial charge in [0.2, 0.25) is 11.4 Å². The van der Waals surface area contributed by atoms with Gasteiger partial charge in [-0.2, -0.15) is 0 Å². The molecule has 1 aliphatic carbocycles. The first-order chi connectivity index (χ1) is 16.0. The molecule has 0 aromatic heterocycles.